The van der Waals surface area contributed by atoms with E-state index >= 15 is 0 Å². The number of aryl methyl sites for hydroxylation is 2. The molecule has 1 aromatic carbocycles. The maximum absolute atomic E-state index is 12.9. The Morgan fingerprint density at radius 3 is 2.48 bits per heavy atom. The largest absolute Gasteiger partial charge is 0.480 e. The molecule has 3 rings (SSSR count). The van der Waals surface area contributed by atoms with Crippen LogP contribution in [0.15, 0.2) is 18.2 Å². The maximum Gasteiger partial charge on any atom is 0.326 e. The Hall–Kier alpha value is -1.92. The van der Waals surface area contributed by atoms with Crippen molar-refractivity contribution in [3.8, 4) is 0 Å². The number of morpholine rings is 1. The van der Waals surface area contributed by atoms with Gasteiger partial charge in [0.15, 0.2) is 0 Å². The van der Waals surface area contributed by atoms with Crippen LogP contribution in [-0.4, -0.2) is 71.7 Å². The van der Waals surface area contributed by atoms with Gasteiger partial charge >= 0.3 is 5.97 Å². The standard InChI is InChI=1S/C19H26N2O4/c1-13-3-4-15(11-14(13)2)18(22)21-6-5-16(12-17(21)19(23)24)20-7-9-25-10-8-20/h3-4,11,16-17H,5-10,12H2,1-2H3,(H,23,24)/t16-,17-/m1/s1. The molecule has 2 heterocycles. The van der Waals surface area contributed by atoms with E-state index in [4.69, 9.17) is 4.74 Å². The number of aliphatic carboxylic acids is 1. The highest BCUT2D eigenvalue weighted by Crippen LogP contribution is 2.25. The summed E-state index contributed by atoms with van der Waals surface area (Å²) in [6, 6.07) is 4.99. The van der Waals surface area contributed by atoms with E-state index in [1.807, 2.05) is 26.0 Å². The molecule has 1 aromatic rings. The molecule has 0 aromatic heterocycles. The molecule has 0 bridgehead atoms. The molecule has 2 saturated heterocycles. The average Bonchev–Trinajstić information content (AvgIpc) is 2.63. The third-order valence-corrected chi connectivity index (χ3v) is 5.44. The number of carboxylic acids is 1. The van der Waals surface area contributed by atoms with Gasteiger partial charge in [-0.05, 0) is 49.9 Å². The molecule has 2 aliphatic heterocycles. The molecule has 2 aliphatic rings. The lowest BCUT2D eigenvalue weighted by molar-refractivity contribution is -0.144. The quantitative estimate of drug-likeness (QED) is 0.902. The predicted octanol–water partition coefficient (Wildman–Crippen LogP) is 1.69. The SMILES string of the molecule is Cc1ccc(C(=O)N2CC[C@@H](N3CCOCC3)C[C@@H]2C(=O)O)cc1C. The lowest BCUT2D eigenvalue weighted by Crippen LogP contribution is -2.56. The zero-order chi connectivity index (χ0) is 18.0. The zero-order valence-electron chi connectivity index (χ0n) is 14.9. The van der Waals surface area contributed by atoms with Crippen molar-refractivity contribution in [2.75, 3.05) is 32.8 Å². The van der Waals surface area contributed by atoms with Gasteiger partial charge in [0.25, 0.3) is 5.91 Å². The van der Waals surface area contributed by atoms with Crippen LogP contribution in [0, 0.1) is 13.8 Å². The molecule has 25 heavy (non-hydrogen) atoms. The van der Waals surface area contributed by atoms with E-state index in [-0.39, 0.29) is 11.9 Å². The van der Waals surface area contributed by atoms with Gasteiger partial charge in [0, 0.05) is 31.2 Å². The number of ether oxygens (including phenoxy) is 1. The minimum Gasteiger partial charge on any atom is -0.480 e. The fourth-order valence-electron chi connectivity index (χ4n) is 3.74. The summed E-state index contributed by atoms with van der Waals surface area (Å²) in [7, 11) is 0. The van der Waals surface area contributed by atoms with E-state index < -0.39 is 12.0 Å². The Labute approximate surface area is 148 Å². The fraction of sp³-hybridized carbons (Fsp3) is 0.579. The number of likely N-dealkylation sites (tertiary alicyclic amines) is 1. The van der Waals surface area contributed by atoms with Gasteiger partial charge in [0.1, 0.15) is 6.04 Å². The number of hydrogen-bond acceptors (Lipinski definition) is 4. The van der Waals surface area contributed by atoms with Gasteiger partial charge in [0.2, 0.25) is 0 Å². The average molecular weight is 346 g/mol. The molecule has 2 atom stereocenters. The maximum atomic E-state index is 12.9. The fourth-order valence-corrected chi connectivity index (χ4v) is 3.74. The van der Waals surface area contributed by atoms with Crippen LogP contribution in [0.25, 0.3) is 0 Å². The zero-order valence-corrected chi connectivity index (χ0v) is 14.9. The van der Waals surface area contributed by atoms with Gasteiger partial charge < -0.3 is 14.7 Å². The molecule has 0 saturated carbocycles. The molecule has 0 radical (unpaired) electrons. The van der Waals surface area contributed by atoms with Crippen LogP contribution < -0.4 is 0 Å². The molecule has 136 valence electrons. The van der Waals surface area contributed by atoms with E-state index in [0.717, 1.165) is 30.6 Å². The third-order valence-electron chi connectivity index (χ3n) is 5.44. The van der Waals surface area contributed by atoms with Crippen LogP contribution in [0.3, 0.4) is 0 Å². The number of carboxylic acid groups (broad SMARTS) is 1. The number of hydrogen-bond donors (Lipinski definition) is 1. The Morgan fingerprint density at radius 1 is 1.12 bits per heavy atom. The molecule has 1 amide bonds. The summed E-state index contributed by atoms with van der Waals surface area (Å²) < 4.78 is 5.38. The van der Waals surface area contributed by atoms with E-state index in [1.165, 1.54) is 4.90 Å². The second-order valence-electron chi connectivity index (χ2n) is 6.98. The molecular weight excluding hydrogens is 320 g/mol. The smallest absolute Gasteiger partial charge is 0.326 e. The lowest BCUT2D eigenvalue weighted by atomic mass is 9.94. The summed E-state index contributed by atoms with van der Waals surface area (Å²) in [5.41, 5.74) is 2.73. The second-order valence-corrected chi connectivity index (χ2v) is 6.98. The number of nitrogens with zero attached hydrogens (tertiary/aromatic N) is 2. The van der Waals surface area contributed by atoms with Crippen molar-refractivity contribution in [3.63, 3.8) is 0 Å². The van der Waals surface area contributed by atoms with E-state index in [0.29, 0.717) is 31.7 Å². The van der Waals surface area contributed by atoms with Crippen molar-refractivity contribution in [3.05, 3.63) is 34.9 Å². The summed E-state index contributed by atoms with van der Waals surface area (Å²) in [6.07, 6.45) is 1.28. The van der Waals surface area contributed by atoms with Gasteiger partial charge in [0.05, 0.1) is 13.2 Å². The minimum absolute atomic E-state index is 0.184. The second kappa shape index (κ2) is 7.54. The Balaban J connectivity index is 1.75. The van der Waals surface area contributed by atoms with Crippen molar-refractivity contribution in [2.24, 2.45) is 0 Å². The summed E-state index contributed by atoms with van der Waals surface area (Å²) in [5, 5.41) is 9.68. The molecule has 6 nitrogen and oxygen atoms in total. The van der Waals surface area contributed by atoms with Gasteiger partial charge in [-0.25, -0.2) is 4.79 Å². The van der Waals surface area contributed by atoms with Crippen LogP contribution in [0.5, 0.6) is 0 Å². The first-order chi connectivity index (χ1) is 12.0. The topological polar surface area (TPSA) is 70.1 Å². The summed E-state index contributed by atoms with van der Waals surface area (Å²) >= 11 is 0. The molecular formula is C19H26N2O4. The summed E-state index contributed by atoms with van der Waals surface area (Å²) in [4.78, 5) is 28.5. The third kappa shape index (κ3) is 3.85. The first-order valence-electron chi connectivity index (χ1n) is 8.90. The van der Waals surface area contributed by atoms with E-state index in [9.17, 15) is 14.7 Å². The van der Waals surface area contributed by atoms with Crippen molar-refractivity contribution >= 4 is 11.9 Å². The first kappa shape index (κ1) is 17.9. The highest BCUT2D eigenvalue weighted by atomic mass is 16.5. The highest BCUT2D eigenvalue weighted by molar-refractivity contribution is 5.97. The number of amides is 1. The summed E-state index contributed by atoms with van der Waals surface area (Å²) in [5.74, 6) is -1.11. The normalized spacial score (nSPS) is 25.0. The first-order valence-corrected chi connectivity index (χ1v) is 8.90. The van der Waals surface area contributed by atoms with Crippen LogP contribution in [0.4, 0.5) is 0 Å². The summed E-state index contributed by atoms with van der Waals surface area (Å²) in [6.45, 7) is 7.50. The Morgan fingerprint density at radius 2 is 1.84 bits per heavy atom. The van der Waals surface area contributed by atoms with Crippen molar-refractivity contribution in [2.45, 2.75) is 38.8 Å². The highest BCUT2D eigenvalue weighted by Gasteiger charge is 2.38. The number of carbonyl (C=O) groups excluding carboxylic acids is 1. The molecule has 2 fully saturated rings. The van der Waals surface area contributed by atoms with Crippen LogP contribution >= 0.6 is 0 Å². The van der Waals surface area contributed by atoms with Crippen LogP contribution in [-0.2, 0) is 9.53 Å². The molecule has 0 aliphatic carbocycles. The van der Waals surface area contributed by atoms with Crippen molar-refractivity contribution in [1.82, 2.24) is 9.80 Å². The molecule has 6 heteroatoms. The van der Waals surface area contributed by atoms with Gasteiger partial charge in [-0.2, -0.15) is 0 Å². The van der Waals surface area contributed by atoms with Crippen molar-refractivity contribution < 1.29 is 19.4 Å². The Kier molecular flexibility index (Phi) is 5.39. The van der Waals surface area contributed by atoms with E-state index in [2.05, 4.69) is 4.90 Å². The number of benzene rings is 1. The predicted molar refractivity (Wildman–Crippen MR) is 93.8 cm³/mol. The molecule has 0 unspecified atom stereocenters. The number of piperidine rings is 1. The van der Waals surface area contributed by atoms with E-state index in [1.54, 1.807) is 6.07 Å². The monoisotopic (exact) mass is 346 g/mol. The number of carbonyl (C=O) groups is 2. The molecule has 0 spiro atoms. The lowest BCUT2D eigenvalue weighted by Gasteiger charge is -2.43. The van der Waals surface area contributed by atoms with Crippen molar-refractivity contribution in [1.29, 1.82) is 0 Å². The van der Waals surface area contributed by atoms with Crippen LogP contribution in [0.2, 0.25) is 0 Å². The molecule has 1 N–H and O–H groups in total. The Bertz CT molecular complexity index is 655. The number of rotatable bonds is 3. The van der Waals surface area contributed by atoms with Crippen LogP contribution in [0.1, 0.15) is 34.3 Å². The minimum atomic E-state index is -0.921. The van der Waals surface area contributed by atoms with Gasteiger partial charge in [-0.1, -0.05) is 6.07 Å². The van der Waals surface area contributed by atoms with Gasteiger partial charge in [-0.15, -0.1) is 0 Å². The van der Waals surface area contributed by atoms with Gasteiger partial charge in [-0.3, -0.25) is 9.69 Å².